The highest BCUT2D eigenvalue weighted by atomic mass is 19.1. The predicted octanol–water partition coefficient (Wildman–Crippen LogP) is 2.74. The molecule has 2 aliphatic rings. The first kappa shape index (κ1) is 14.5. The van der Waals surface area contributed by atoms with Crippen molar-refractivity contribution in [2.45, 2.75) is 38.6 Å². The quantitative estimate of drug-likeness (QED) is 0.908. The number of aryl methyl sites for hydroxylation is 1. The standard InChI is InChI=1S/C17H23FN2O/c1-12-11-14(4-5-15(12)18)17(21)20-10-2-3-16(20)13-6-8-19-9-7-13/h4-5,11,13,16,19H,2-3,6-10H2,1H3. The predicted molar refractivity (Wildman–Crippen MR) is 80.8 cm³/mol. The first-order chi connectivity index (χ1) is 10.2. The Hall–Kier alpha value is -1.42. The second kappa shape index (κ2) is 6.14. The lowest BCUT2D eigenvalue weighted by Gasteiger charge is -2.34. The molecule has 3 nitrogen and oxygen atoms in total. The Kier molecular flexibility index (Phi) is 4.24. The highest BCUT2D eigenvalue weighted by molar-refractivity contribution is 5.94. The highest BCUT2D eigenvalue weighted by Gasteiger charge is 2.35. The van der Waals surface area contributed by atoms with Gasteiger partial charge in [-0.2, -0.15) is 0 Å². The minimum atomic E-state index is -0.247. The van der Waals surface area contributed by atoms with Gasteiger partial charge in [0.05, 0.1) is 0 Å². The van der Waals surface area contributed by atoms with Crippen molar-refractivity contribution in [3.05, 3.63) is 35.1 Å². The van der Waals surface area contributed by atoms with Crippen LogP contribution in [0.15, 0.2) is 18.2 Å². The molecule has 1 aromatic rings. The van der Waals surface area contributed by atoms with E-state index >= 15 is 0 Å². The van der Waals surface area contributed by atoms with E-state index < -0.39 is 0 Å². The number of amides is 1. The van der Waals surface area contributed by atoms with E-state index in [0.29, 0.717) is 23.1 Å². The molecular formula is C17H23FN2O. The molecule has 1 atom stereocenters. The number of carbonyl (C=O) groups excluding carboxylic acids is 1. The third-order valence-corrected chi connectivity index (χ3v) is 4.89. The van der Waals surface area contributed by atoms with Gasteiger partial charge in [0.25, 0.3) is 5.91 Å². The number of carbonyl (C=O) groups is 1. The lowest BCUT2D eigenvalue weighted by molar-refractivity contribution is 0.0666. The molecule has 1 aromatic carbocycles. The molecule has 1 amide bonds. The molecule has 21 heavy (non-hydrogen) atoms. The second-order valence-corrected chi connectivity index (χ2v) is 6.26. The molecule has 1 N–H and O–H groups in total. The summed E-state index contributed by atoms with van der Waals surface area (Å²) in [7, 11) is 0. The average molecular weight is 290 g/mol. The molecular weight excluding hydrogens is 267 g/mol. The number of nitrogens with one attached hydrogen (secondary N) is 1. The van der Waals surface area contributed by atoms with Gasteiger partial charge in [0.1, 0.15) is 5.82 Å². The zero-order valence-electron chi connectivity index (χ0n) is 12.6. The van der Waals surface area contributed by atoms with Gasteiger partial charge in [-0.05, 0) is 75.4 Å². The maximum absolute atomic E-state index is 13.4. The van der Waals surface area contributed by atoms with Crippen LogP contribution in [0.2, 0.25) is 0 Å². The fourth-order valence-electron chi connectivity index (χ4n) is 3.71. The summed E-state index contributed by atoms with van der Waals surface area (Å²) >= 11 is 0. The van der Waals surface area contributed by atoms with Gasteiger partial charge in [-0.25, -0.2) is 4.39 Å². The van der Waals surface area contributed by atoms with Crippen molar-refractivity contribution >= 4 is 5.91 Å². The first-order valence-electron chi connectivity index (χ1n) is 7.94. The monoisotopic (exact) mass is 290 g/mol. The first-order valence-corrected chi connectivity index (χ1v) is 7.94. The Morgan fingerprint density at radius 2 is 2.05 bits per heavy atom. The molecule has 2 heterocycles. The van der Waals surface area contributed by atoms with Crippen LogP contribution in [-0.2, 0) is 0 Å². The molecule has 1 unspecified atom stereocenters. The van der Waals surface area contributed by atoms with Gasteiger partial charge in [0, 0.05) is 18.2 Å². The lowest BCUT2D eigenvalue weighted by atomic mass is 9.88. The Labute approximate surface area is 125 Å². The van der Waals surface area contributed by atoms with Crippen LogP contribution in [0.1, 0.15) is 41.6 Å². The number of hydrogen-bond acceptors (Lipinski definition) is 2. The fourth-order valence-corrected chi connectivity index (χ4v) is 3.71. The molecule has 2 aliphatic heterocycles. The highest BCUT2D eigenvalue weighted by Crippen LogP contribution is 2.30. The van der Waals surface area contributed by atoms with Crippen LogP contribution in [0.3, 0.4) is 0 Å². The van der Waals surface area contributed by atoms with Crippen LogP contribution in [0.4, 0.5) is 4.39 Å². The summed E-state index contributed by atoms with van der Waals surface area (Å²) in [6, 6.07) is 5.06. The number of benzene rings is 1. The zero-order valence-corrected chi connectivity index (χ0v) is 12.6. The topological polar surface area (TPSA) is 32.3 Å². The van der Waals surface area contributed by atoms with Crippen molar-refractivity contribution < 1.29 is 9.18 Å². The maximum Gasteiger partial charge on any atom is 0.254 e. The average Bonchev–Trinajstić information content (AvgIpc) is 2.99. The number of piperidine rings is 1. The van der Waals surface area contributed by atoms with Crippen LogP contribution in [-0.4, -0.2) is 36.5 Å². The fraction of sp³-hybridized carbons (Fsp3) is 0.588. The molecule has 2 saturated heterocycles. The van der Waals surface area contributed by atoms with Gasteiger partial charge in [-0.15, -0.1) is 0 Å². The van der Waals surface area contributed by atoms with Crippen molar-refractivity contribution in [2.24, 2.45) is 5.92 Å². The molecule has 0 bridgehead atoms. The summed E-state index contributed by atoms with van der Waals surface area (Å²) in [6.07, 6.45) is 4.49. The van der Waals surface area contributed by atoms with Crippen LogP contribution >= 0.6 is 0 Å². The van der Waals surface area contributed by atoms with Crippen molar-refractivity contribution in [1.29, 1.82) is 0 Å². The Morgan fingerprint density at radius 3 is 2.76 bits per heavy atom. The Balaban J connectivity index is 1.77. The van der Waals surface area contributed by atoms with Crippen molar-refractivity contribution in [3.8, 4) is 0 Å². The van der Waals surface area contributed by atoms with E-state index in [-0.39, 0.29) is 11.7 Å². The zero-order chi connectivity index (χ0) is 14.8. The molecule has 114 valence electrons. The normalized spacial score (nSPS) is 23.5. The second-order valence-electron chi connectivity index (χ2n) is 6.26. The van der Waals surface area contributed by atoms with Gasteiger partial charge < -0.3 is 10.2 Å². The van der Waals surface area contributed by atoms with Crippen LogP contribution in [0.5, 0.6) is 0 Å². The molecule has 0 saturated carbocycles. The SMILES string of the molecule is Cc1cc(C(=O)N2CCCC2C2CCNCC2)ccc1F. The number of likely N-dealkylation sites (tertiary alicyclic amines) is 1. The van der Waals surface area contributed by atoms with Gasteiger partial charge in [0.2, 0.25) is 0 Å². The lowest BCUT2D eigenvalue weighted by Crippen LogP contribution is -2.43. The summed E-state index contributed by atoms with van der Waals surface area (Å²) < 4.78 is 13.4. The van der Waals surface area contributed by atoms with Gasteiger partial charge in [0.15, 0.2) is 0 Å². The number of nitrogens with zero attached hydrogens (tertiary/aromatic N) is 1. The minimum Gasteiger partial charge on any atom is -0.335 e. The van der Waals surface area contributed by atoms with E-state index in [1.807, 2.05) is 4.90 Å². The third kappa shape index (κ3) is 2.95. The molecule has 0 radical (unpaired) electrons. The summed E-state index contributed by atoms with van der Waals surface area (Å²) in [4.78, 5) is 14.8. The van der Waals surface area contributed by atoms with Crippen molar-refractivity contribution in [2.75, 3.05) is 19.6 Å². The van der Waals surface area contributed by atoms with Crippen molar-refractivity contribution in [1.82, 2.24) is 10.2 Å². The van der Waals surface area contributed by atoms with Crippen LogP contribution in [0.25, 0.3) is 0 Å². The summed E-state index contributed by atoms with van der Waals surface area (Å²) in [5.74, 6) is 0.432. The van der Waals surface area contributed by atoms with Gasteiger partial charge in [-0.1, -0.05) is 0 Å². The molecule has 0 aromatic heterocycles. The Bertz CT molecular complexity index is 526. The van der Waals surface area contributed by atoms with E-state index in [0.717, 1.165) is 45.3 Å². The van der Waals surface area contributed by atoms with Crippen LogP contribution in [0, 0.1) is 18.7 Å². The molecule has 0 spiro atoms. The van der Waals surface area contributed by atoms with E-state index in [2.05, 4.69) is 5.32 Å². The summed E-state index contributed by atoms with van der Waals surface area (Å²) in [5, 5.41) is 3.38. The van der Waals surface area contributed by atoms with E-state index in [9.17, 15) is 9.18 Å². The minimum absolute atomic E-state index is 0.0686. The molecule has 3 rings (SSSR count). The van der Waals surface area contributed by atoms with Crippen LogP contribution < -0.4 is 5.32 Å². The smallest absolute Gasteiger partial charge is 0.254 e. The van der Waals surface area contributed by atoms with E-state index in [1.54, 1.807) is 19.1 Å². The number of rotatable bonds is 2. The van der Waals surface area contributed by atoms with E-state index in [4.69, 9.17) is 0 Å². The van der Waals surface area contributed by atoms with Crippen molar-refractivity contribution in [3.63, 3.8) is 0 Å². The molecule has 2 fully saturated rings. The molecule has 4 heteroatoms. The third-order valence-electron chi connectivity index (χ3n) is 4.89. The van der Waals surface area contributed by atoms with Gasteiger partial charge >= 0.3 is 0 Å². The summed E-state index contributed by atoms with van der Waals surface area (Å²) in [6.45, 7) is 4.65. The number of hydrogen-bond donors (Lipinski definition) is 1. The summed E-state index contributed by atoms with van der Waals surface area (Å²) in [5.41, 5.74) is 1.16. The van der Waals surface area contributed by atoms with Gasteiger partial charge in [-0.3, -0.25) is 4.79 Å². The van der Waals surface area contributed by atoms with E-state index in [1.165, 1.54) is 6.07 Å². The number of halogens is 1. The maximum atomic E-state index is 13.4. The molecule has 0 aliphatic carbocycles. The largest absolute Gasteiger partial charge is 0.335 e. The Morgan fingerprint density at radius 1 is 1.29 bits per heavy atom.